The average molecular weight is 432 g/mol. The van der Waals surface area contributed by atoms with E-state index in [4.69, 9.17) is 0 Å². The Hall–Kier alpha value is -3.11. The van der Waals surface area contributed by atoms with Crippen LogP contribution in [0.15, 0.2) is 65.8 Å². The molecular weight excluding hydrogens is 414 g/mol. The minimum absolute atomic E-state index is 0.0526. The van der Waals surface area contributed by atoms with Crippen molar-refractivity contribution in [2.45, 2.75) is 4.90 Å². The van der Waals surface area contributed by atoms with E-state index in [9.17, 15) is 22.0 Å². The van der Waals surface area contributed by atoms with E-state index in [1.807, 2.05) is 0 Å². The van der Waals surface area contributed by atoms with Crippen molar-refractivity contribution < 1.29 is 22.0 Å². The van der Waals surface area contributed by atoms with Gasteiger partial charge in [0.25, 0.3) is 5.91 Å². The van der Waals surface area contributed by atoms with E-state index in [1.165, 1.54) is 4.31 Å². The standard InChI is InChI=1S/C20H18F2N4O3S/c21-17-7-6-15(14-18(17)22)30(28,29)25-12-10-24(11-13-25)20(27)16-4-1-2-5-19(16)26-9-3-8-23-26/h1-9,14H,10-13H2. The smallest absolute Gasteiger partial charge is 0.256 e. The van der Waals surface area contributed by atoms with Crippen LogP contribution in [0.2, 0.25) is 0 Å². The average Bonchev–Trinajstić information content (AvgIpc) is 3.30. The zero-order valence-corrected chi connectivity index (χ0v) is 16.6. The number of hydrogen-bond donors (Lipinski definition) is 0. The Bertz CT molecular complexity index is 1170. The molecule has 10 heteroatoms. The summed E-state index contributed by atoms with van der Waals surface area (Å²) in [5, 5.41) is 4.17. The lowest BCUT2D eigenvalue weighted by Gasteiger charge is -2.34. The van der Waals surface area contributed by atoms with Crippen LogP contribution in [-0.4, -0.2) is 59.5 Å². The van der Waals surface area contributed by atoms with Crippen LogP contribution in [0.3, 0.4) is 0 Å². The number of piperazine rings is 1. The number of para-hydroxylation sites is 1. The number of sulfonamides is 1. The molecule has 0 bridgehead atoms. The predicted molar refractivity (Wildman–Crippen MR) is 105 cm³/mol. The number of carbonyl (C=O) groups is 1. The third-order valence-corrected chi connectivity index (χ3v) is 6.84. The lowest BCUT2D eigenvalue weighted by molar-refractivity contribution is 0.0697. The summed E-state index contributed by atoms with van der Waals surface area (Å²) in [5.41, 5.74) is 1.09. The first-order chi connectivity index (χ1) is 14.4. The Balaban J connectivity index is 1.50. The minimum Gasteiger partial charge on any atom is -0.336 e. The molecule has 1 aromatic heterocycles. The van der Waals surface area contributed by atoms with Crippen molar-refractivity contribution in [3.8, 4) is 5.69 Å². The molecular formula is C20H18F2N4O3S. The molecule has 0 radical (unpaired) electrons. The molecule has 0 N–H and O–H groups in total. The molecule has 1 aliphatic rings. The van der Waals surface area contributed by atoms with Crippen LogP contribution in [0.1, 0.15) is 10.4 Å². The van der Waals surface area contributed by atoms with Crippen molar-refractivity contribution in [1.82, 2.24) is 19.0 Å². The molecule has 0 aliphatic carbocycles. The molecule has 1 fully saturated rings. The van der Waals surface area contributed by atoms with E-state index >= 15 is 0 Å². The second-order valence-electron chi connectivity index (χ2n) is 6.74. The Morgan fingerprint density at radius 2 is 1.67 bits per heavy atom. The van der Waals surface area contributed by atoms with E-state index in [0.717, 1.165) is 12.1 Å². The van der Waals surface area contributed by atoms with Crippen molar-refractivity contribution >= 4 is 15.9 Å². The maximum absolute atomic E-state index is 13.5. The van der Waals surface area contributed by atoms with Crippen molar-refractivity contribution in [2.75, 3.05) is 26.2 Å². The first kappa shape index (κ1) is 20.2. The molecule has 2 heterocycles. The number of halogens is 2. The maximum atomic E-state index is 13.5. The molecule has 1 aliphatic heterocycles. The largest absolute Gasteiger partial charge is 0.336 e. The molecule has 2 aromatic carbocycles. The van der Waals surface area contributed by atoms with Gasteiger partial charge in [0.15, 0.2) is 11.6 Å². The first-order valence-corrected chi connectivity index (χ1v) is 10.7. The van der Waals surface area contributed by atoms with Gasteiger partial charge in [0.1, 0.15) is 0 Å². The molecule has 7 nitrogen and oxygen atoms in total. The summed E-state index contributed by atoms with van der Waals surface area (Å²) in [6, 6.07) is 11.3. The summed E-state index contributed by atoms with van der Waals surface area (Å²) in [5.74, 6) is -2.56. The number of carbonyl (C=O) groups excluding carboxylic acids is 1. The van der Waals surface area contributed by atoms with Gasteiger partial charge in [0, 0.05) is 38.6 Å². The molecule has 0 atom stereocenters. The van der Waals surface area contributed by atoms with Crippen LogP contribution >= 0.6 is 0 Å². The van der Waals surface area contributed by atoms with Gasteiger partial charge in [0.2, 0.25) is 10.0 Å². The number of hydrogen-bond acceptors (Lipinski definition) is 4. The van der Waals surface area contributed by atoms with Gasteiger partial charge in [0.05, 0.1) is 16.1 Å². The van der Waals surface area contributed by atoms with Gasteiger partial charge in [-0.25, -0.2) is 21.9 Å². The fraction of sp³-hybridized carbons (Fsp3) is 0.200. The Morgan fingerprint density at radius 3 is 2.33 bits per heavy atom. The summed E-state index contributed by atoms with van der Waals surface area (Å²) in [6.07, 6.45) is 3.35. The number of aromatic nitrogens is 2. The quantitative estimate of drug-likeness (QED) is 0.634. The SMILES string of the molecule is O=C(c1ccccc1-n1cccn1)N1CCN(S(=O)(=O)c2ccc(F)c(F)c2)CC1. The van der Waals surface area contributed by atoms with Crippen LogP contribution < -0.4 is 0 Å². The molecule has 156 valence electrons. The van der Waals surface area contributed by atoms with Gasteiger partial charge in [-0.15, -0.1) is 0 Å². The normalized spacial score (nSPS) is 15.3. The Kier molecular flexibility index (Phi) is 5.35. The lowest BCUT2D eigenvalue weighted by atomic mass is 10.1. The molecule has 1 amide bonds. The molecule has 4 rings (SSSR count). The summed E-state index contributed by atoms with van der Waals surface area (Å²) in [6.45, 7) is 0.457. The second kappa shape index (κ2) is 7.96. The summed E-state index contributed by atoms with van der Waals surface area (Å²) >= 11 is 0. The van der Waals surface area contributed by atoms with Crippen LogP contribution in [0.4, 0.5) is 8.78 Å². The highest BCUT2D eigenvalue weighted by Crippen LogP contribution is 2.22. The summed E-state index contributed by atoms with van der Waals surface area (Å²) < 4.78 is 54.8. The van der Waals surface area contributed by atoms with E-state index in [2.05, 4.69) is 5.10 Å². The van der Waals surface area contributed by atoms with Crippen molar-refractivity contribution in [3.05, 3.63) is 78.1 Å². The van der Waals surface area contributed by atoms with Gasteiger partial charge in [-0.2, -0.15) is 9.40 Å². The first-order valence-electron chi connectivity index (χ1n) is 9.21. The zero-order chi connectivity index (χ0) is 21.3. The Labute approximate surface area is 172 Å². The van der Waals surface area contributed by atoms with Crippen molar-refractivity contribution in [3.63, 3.8) is 0 Å². The van der Waals surface area contributed by atoms with Crippen LogP contribution in [0, 0.1) is 11.6 Å². The zero-order valence-electron chi connectivity index (χ0n) is 15.8. The number of rotatable bonds is 4. The maximum Gasteiger partial charge on any atom is 0.256 e. The van der Waals surface area contributed by atoms with Gasteiger partial charge in [-0.1, -0.05) is 12.1 Å². The predicted octanol–water partition coefficient (Wildman–Crippen LogP) is 2.30. The number of nitrogens with zero attached hydrogens (tertiary/aromatic N) is 4. The van der Waals surface area contributed by atoms with Gasteiger partial charge in [-0.05, 0) is 36.4 Å². The molecule has 0 saturated carbocycles. The van der Waals surface area contributed by atoms with Crippen LogP contribution in [0.5, 0.6) is 0 Å². The van der Waals surface area contributed by atoms with Crippen molar-refractivity contribution in [2.24, 2.45) is 0 Å². The van der Waals surface area contributed by atoms with E-state index in [0.29, 0.717) is 17.3 Å². The highest BCUT2D eigenvalue weighted by molar-refractivity contribution is 7.89. The topological polar surface area (TPSA) is 75.5 Å². The molecule has 0 spiro atoms. The molecule has 3 aromatic rings. The highest BCUT2D eigenvalue weighted by atomic mass is 32.2. The fourth-order valence-electron chi connectivity index (χ4n) is 3.35. The molecule has 0 unspecified atom stereocenters. The third-order valence-electron chi connectivity index (χ3n) is 4.94. The fourth-order valence-corrected chi connectivity index (χ4v) is 4.79. The number of amides is 1. The molecule has 1 saturated heterocycles. The Morgan fingerprint density at radius 1 is 0.933 bits per heavy atom. The van der Waals surface area contributed by atoms with Gasteiger partial charge in [-0.3, -0.25) is 4.79 Å². The van der Waals surface area contributed by atoms with E-state index in [-0.39, 0.29) is 37.0 Å². The van der Waals surface area contributed by atoms with Gasteiger partial charge >= 0.3 is 0 Å². The van der Waals surface area contributed by atoms with Crippen molar-refractivity contribution in [1.29, 1.82) is 0 Å². The minimum atomic E-state index is -3.98. The van der Waals surface area contributed by atoms with Crippen LogP contribution in [-0.2, 0) is 10.0 Å². The third kappa shape index (κ3) is 3.71. The summed E-state index contributed by atoms with van der Waals surface area (Å²) in [7, 11) is -3.98. The highest BCUT2D eigenvalue weighted by Gasteiger charge is 2.31. The van der Waals surface area contributed by atoms with E-state index < -0.39 is 21.7 Å². The van der Waals surface area contributed by atoms with E-state index in [1.54, 1.807) is 52.3 Å². The van der Waals surface area contributed by atoms with Gasteiger partial charge < -0.3 is 4.90 Å². The summed E-state index contributed by atoms with van der Waals surface area (Å²) in [4.78, 5) is 14.3. The number of benzene rings is 2. The van der Waals surface area contributed by atoms with Crippen LogP contribution in [0.25, 0.3) is 5.69 Å². The molecule has 30 heavy (non-hydrogen) atoms. The lowest BCUT2D eigenvalue weighted by Crippen LogP contribution is -2.50. The monoisotopic (exact) mass is 432 g/mol. The second-order valence-corrected chi connectivity index (χ2v) is 8.68.